The number of alkyl halides is 3. The van der Waals surface area contributed by atoms with Crippen LogP contribution in [0.4, 0.5) is 24.5 Å². The van der Waals surface area contributed by atoms with Crippen LogP contribution in [-0.4, -0.2) is 17.4 Å². The molecule has 1 heterocycles. The van der Waals surface area contributed by atoms with Crippen molar-refractivity contribution < 1.29 is 18.0 Å². The van der Waals surface area contributed by atoms with Crippen LogP contribution in [-0.2, 0) is 11.0 Å². The Kier molecular flexibility index (Phi) is 7.85. The lowest BCUT2D eigenvalue weighted by Gasteiger charge is -2.19. The number of thiazole rings is 1. The van der Waals surface area contributed by atoms with Crippen LogP contribution in [0.1, 0.15) is 31.9 Å². The standard InChI is InChI=1S/C31H26F3N3O2S/c1-30(2,3)27(38)23(19-35)29-37(25-13-9-8-12-24(25)31(32,33)34)28(39)26(40-29)18-20-14-16-22(17-15-20)36(4)21-10-6-5-7-11-21/h5-18H,1-4H3/b26-18-,29-23-. The number of nitrogens with zero attached hydrogens (tertiary/aromatic N) is 3. The predicted octanol–water partition coefficient (Wildman–Crippen LogP) is 5.80. The molecule has 0 fully saturated rings. The van der Waals surface area contributed by atoms with Gasteiger partial charge in [0.15, 0.2) is 5.78 Å². The molecule has 0 N–H and O–H groups in total. The summed E-state index contributed by atoms with van der Waals surface area (Å²) in [6, 6.07) is 23.5. The van der Waals surface area contributed by atoms with Crippen LogP contribution in [0, 0.1) is 16.7 Å². The van der Waals surface area contributed by atoms with Gasteiger partial charge in [-0.2, -0.15) is 18.4 Å². The minimum Gasteiger partial charge on any atom is -0.345 e. The number of carbonyl (C=O) groups excluding carboxylic acids is 1. The van der Waals surface area contributed by atoms with E-state index < -0.39 is 34.2 Å². The highest BCUT2D eigenvalue weighted by molar-refractivity contribution is 7.07. The Bertz CT molecular complexity index is 1770. The number of hydrogen-bond donors (Lipinski definition) is 0. The molecule has 4 aromatic rings. The van der Waals surface area contributed by atoms with Crippen LogP contribution < -0.4 is 19.7 Å². The van der Waals surface area contributed by atoms with Crippen LogP contribution in [0.2, 0.25) is 0 Å². The largest absolute Gasteiger partial charge is 0.418 e. The smallest absolute Gasteiger partial charge is 0.345 e. The lowest BCUT2D eigenvalue weighted by molar-refractivity contribution is -0.137. The van der Waals surface area contributed by atoms with Crippen LogP contribution in [0.15, 0.2) is 83.7 Å². The summed E-state index contributed by atoms with van der Waals surface area (Å²) in [5.41, 5.74) is -1.10. The number of aromatic nitrogens is 1. The number of anilines is 2. The van der Waals surface area contributed by atoms with Gasteiger partial charge in [0.1, 0.15) is 16.3 Å². The minimum atomic E-state index is -4.76. The van der Waals surface area contributed by atoms with Crippen LogP contribution in [0.25, 0.3) is 17.3 Å². The third-order valence-corrected chi connectivity index (χ3v) is 7.32. The Morgan fingerprint density at radius 1 is 0.925 bits per heavy atom. The van der Waals surface area contributed by atoms with Crippen molar-refractivity contribution in [2.75, 3.05) is 11.9 Å². The first kappa shape index (κ1) is 28.6. The van der Waals surface area contributed by atoms with Gasteiger partial charge in [0.2, 0.25) is 0 Å². The maximum absolute atomic E-state index is 13.9. The lowest BCUT2D eigenvalue weighted by atomic mass is 9.87. The average Bonchev–Trinajstić information content (AvgIpc) is 3.23. The van der Waals surface area contributed by atoms with Crippen molar-refractivity contribution in [2.24, 2.45) is 5.41 Å². The average molecular weight is 562 g/mol. The molecule has 0 aliphatic carbocycles. The molecule has 0 atom stereocenters. The second-order valence-corrected chi connectivity index (χ2v) is 11.2. The molecule has 0 unspecified atom stereocenters. The first-order valence-electron chi connectivity index (χ1n) is 12.3. The van der Waals surface area contributed by atoms with E-state index in [1.54, 1.807) is 39.0 Å². The highest BCUT2D eigenvalue weighted by Gasteiger charge is 2.35. The Morgan fingerprint density at radius 3 is 2.08 bits per heavy atom. The molecular formula is C31H26F3N3O2S. The molecule has 0 amide bonds. The Hall–Kier alpha value is -4.42. The van der Waals surface area contributed by atoms with Crippen LogP contribution in [0.3, 0.4) is 0 Å². The van der Waals surface area contributed by atoms with Gasteiger partial charge in [0.05, 0.1) is 15.8 Å². The lowest BCUT2D eigenvalue weighted by Crippen LogP contribution is -2.34. The van der Waals surface area contributed by atoms with Crippen molar-refractivity contribution in [1.29, 1.82) is 5.26 Å². The topological polar surface area (TPSA) is 66.1 Å². The van der Waals surface area contributed by atoms with Gasteiger partial charge in [0.25, 0.3) is 5.56 Å². The van der Waals surface area contributed by atoms with E-state index in [4.69, 9.17) is 0 Å². The first-order chi connectivity index (χ1) is 18.8. The zero-order valence-corrected chi connectivity index (χ0v) is 23.1. The van der Waals surface area contributed by atoms with E-state index in [9.17, 15) is 28.0 Å². The van der Waals surface area contributed by atoms with Crippen LogP contribution >= 0.6 is 11.3 Å². The zero-order chi connectivity index (χ0) is 29.2. The van der Waals surface area contributed by atoms with E-state index >= 15 is 0 Å². The molecule has 40 heavy (non-hydrogen) atoms. The SMILES string of the molecule is CN(c1ccccc1)c1ccc(/C=c2\s/c(=C(/C#N)C(=O)C(C)(C)C)n(-c3ccccc3C(F)(F)F)c2=O)cc1. The fourth-order valence-corrected chi connectivity index (χ4v) is 5.19. The molecule has 4 rings (SSSR count). The van der Waals surface area contributed by atoms with E-state index in [0.717, 1.165) is 39.4 Å². The normalized spacial score (nSPS) is 13.1. The maximum Gasteiger partial charge on any atom is 0.418 e. The summed E-state index contributed by atoms with van der Waals surface area (Å²) in [7, 11) is 1.92. The molecule has 0 radical (unpaired) electrons. The van der Waals surface area contributed by atoms with E-state index in [1.807, 2.05) is 60.5 Å². The molecule has 0 saturated carbocycles. The maximum atomic E-state index is 13.9. The molecule has 0 spiro atoms. The number of para-hydroxylation sites is 2. The summed E-state index contributed by atoms with van der Waals surface area (Å²) >= 11 is 0.816. The number of Topliss-reactive ketones (excluding diaryl/α,β-unsaturated/α-hetero) is 1. The second kappa shape index (κ2) is 11.0. The number of halogens is 3. The second-order valence-electron chi connectivity index (χ2n) is 10.1. The number of benzene rings is 3. The number of carbonyl (C=O) groups is 1. The Balaban J connectivity index is 1.96. The summed E-state index contributed by atoms with van der Waals surface area (Å²) < 4.78 is 42.6. The molecule has 204 valence electrons. The van der Waals surface area contributed by atoms with Gasteiger partial charge in [-0.3, -0.25) is 14.2 Å². The van der Waals surface area contributed by atoms with E-state index in [2.05, 4.69) is 0 Å². The fraction of sp³-hybridized carbons (Fsp3) is 0.194. The highest BCUT2D eigenvalue weighted by atomic mass is 32.1. The van der Waals surface area contributed by atoms with Crippen LogP contribution in [0.5, 0.6) is 0 Å². The fourth-order valence-electron chi connectivity index (χ4n) is 4.09. The molecule has 0 bridgehead atoms. The van der Waals surface area contributed by atoms with Gasteiger partial charge in [-0.05, 0) is 48.0 Å². The zero-order valence-electron chi connectivity index (χ0n) is 22.3. The number of hydrogen-bond acceptors (Lipinski definition) is 5. The number of nitriles is 1. The number of rotatable bonds is 5. The third kappa shape index (κ3) is 5.77. The van der Waals surface area contributed by atoms with Gasteiger partial charge >= 0.3 is 6.18 Å². The Labute approximate surface area is 233 Å². The minimum absolute atomic E-state index is 0.0885. The molecule has 0 saturated heterocycles. The van der Waals surface area contributed by atoms with Crippen molar-refractivity contribution in [3.05, 3.63) is 110 Å². The van der Waals surface area contributed by atoms with Gasteiger partial charge in [-0.1, -0.05) is 63.2 Å². The quantitative estimate of drug-likeness (QED) is 0.309. The predicted molar refractivity (Wildman–Crippen MR) is 152 cm³/mol. The van der Waals surface area contributed by atoms with Gasteiger partial charge < -0.3 is 4.90 Å². The summed E-state index contributed by atoms with van der Waals surface area (Å²) in [5, 5.41) is 9.93. The number of ketones is 1. The van der Waals surface area contributed by atoms with Gasteiger partial charge in [0, 0.05) is 23.8 Å². The molecule has 3 aromatic carbocycles. The summed E-state index contributed by atoms with van der Waals surface area (Å²) in [6.07, 6.45) is -3.22. The van der Waals surface area contributed by atoms with Crippen molar-refractivity contribution in [2.45, 2.75) is 26.9 Å². The molecule has 0 aliphatic rings. The summed E-state index contributed by atoms with van der Waals surface area (Å²) in [6.45, 7) is 4.81. The third-order valence-electron chi connectivity index (χ3n) is 6.23. The monoisotopic (exact) mass is 561 g/mol. The summed E-state index contributed by atoms with van der Waals surface area (Å²) in [4.78, 5) is 28.8. The molecule has 0 aliphatic heterocycles. The van der Waals surface area contributed by atoms with Crippen molar-refractivity contribution in [3.8, 4) is 11.8 Å². The van der Waals surface area contributed by atoms with Gasteiger partial charge in [-0.25, -0.2) is 0 Å². The van der Waals surface area contributed by atoms with E-state index in [1.165, 1.54) is 12.1 Å². The molecule has 1 aromatic heterocycles. The molecular weight excluding hydrogens is 535 g/mol. The van der Waals surface area contributed by atoms with E-state index in [0.29, 0.717) is 5.56 Å². The van der Waals surface area contributed by atoms with Gasteiger partial charge in [-0.15, -0.1) is 11.3 Å². The molecule has 5 nitrogen and oxygen atoms in total. The first-order valence-corrected chi connectivity index (χ1v) is 13.1. The molecule has 9 heteroatoms. The van der Waals surface area contributed by atoms with Crippen molar-refractivity contribution in [1.82, 2.24) is 4.57 Å². The van der Waals surface area contributed by atoms with Crippen molar-refractivity contribution in [3.63, 3.8) is 0 Å². The Morgan fingerprint density at radius 2 is 1.50 bits per heavy atom. The highest BCUT2D eigenvalue weighted by Crippen LogP contribution is 2.33. The summed E-state index contributed by atoms with van der Waals surface area (Å²) in [5.74, 6) is -0.575. The van der Waals surface area contributed by atoms with Crippen molar-refractivity contribution >= 4 is 40.1 Å². The van der Waals surface area contributed by atoms with E-state index in [-0.39, 0.29) is 14.8 Å².